The molecule has 0 saturated carbocycles. The van der Waals surface area contributed by atoms with Crippen LogP contribution in [0.1, 0.15) is 29.8 Å². The van der Waals surface area contributed by atoms with E-state index in [4.69, 9.17) is 37.2 Å². The highest BCUT2D eigenvalue weighted by Crippen LogP contribution is 2.32. The van der Waals surface area contributed by atoms with Gasteiger partial charge in [-0.1, -0.05) is 28.4 Å². The first-order valence-corrected chi connectivity index (χ1v) is 11.5. The normalized spacial score (nSPS) is 11.8. The van der Waals surface area contributed by atoms with Gasteiger partial charge in [0.1, 0.15) is 5.02 Å². The average molecular weight is 488 g/mol. The molecule has 0 aliphatic rings. The van der Waals surface area contributed by atoms with Gasteiger partial charge in [-0.2, -0.15) is 0 Å². The molecule has 1 aromatic carbocycles. The molecule has 0 aliphatic carbocycles. The number of fused-ring (bicyclic) bond motifs is 1. The van der Waals surface area contributed by atoms with Crippen LogP contribution in [0.3, 0.4) is 0 Å². The molecule has 3 aromatic rings. The molecule has 0 unspecified atom stereocenters. The molecular formula is C19H19Cl2N3O6S. The molecule has 9 nitrogen and oxygen atoms in total. The Hall–Kier alpha value is -2.40. The maximum Gasteiger partial charge on any atom is 0.236 e. The van der Waals surface area contributed by atoms with E-state index in [1.54, 1.807) is 0 Å². The minimum atomic E-state index is -3.70. The number of sulfonamides is 1. The number of carbonyl (C=O) groups excluding carboxylic acids is 1. The summed E-state index contributed by atoms with van der Waals surface area (Å²) in [7, 11) is -2.30. The van der Waals surface area contributed by atoms with Gasteiger partial charge in [-0.3, -0.25) is 9.52 Å². The number of ether oxygens (including phenoxy) is 2. The second-order valence-electron chi connectivity index (χ2n) is 6.78. The van der Waals surface area contributed by atoms with Crippen molar-refractivity contribution in [3.63, 3.8) is 0 Å². The molecule has 0 radical (unpaired) electrons. The molecule has 166 valence electrons. The number of carbonyl (C=O) groups is 1. The smallest absolute Gasteiger partial charge is 0.236 e. The first-order chi connectivity index (χ1) is 14.6. The van der Waals surface area contributed by atoms with Crippen molar-refractivity contribution in [1.82, 2.24) is 10.1 Å². The molecule has 0 saturated heterocycles. The van der Waals surface area contributed by atoms with Crippen LogP contribution in [0, 0.1) is 0 Å². The number of rotatable bonds is 9. The lowest BCUT2D eigenvalue weighted by molar-refractivity contribution is 0.103. The van der Waals surface area contributed by atoms with E-state index in [0.29, 0.717) is 5.39 Å². The van der Waals surface area contributed by atoms with Crippen LogP contribution in [-0.4, -0.2) is 49.9 Å². The van der Waals surface area contributed by atoms with Gasteiger partial charge in [0.15, 0.2) is 17.2 Å². The van der Waals surface area contributed by atoms with E-state index in [-0.39, 0.29) is 56.9 Å². The largest absolute Gasteiger partial charge is 0.474 e. The Balaban J connectivity index is 1.91. The third-order valence-electron chi connectivity index (χ3n) is 4.03. The number of anilines is 1. The van der Waals surface area contributed by atoms with Crippen LogP contribution in [-0.2, 0) is 14.8 Å². The first kappa shape index (κ1) is 23.3. The number of benzene rings is 1. The number of nitrogens with zero attached hydrogens (tertiary/aromatic N) is 2. The summed E-state index contributed by atoms with van der Waals surface area (Å²) in [6, 6.07) is 4.22. The van der Waals surface area contributed by atoms with Crippen LogP contribution < -0.4 is 9.46 Å². The van der Waals surface area contributed by atoms with Gasteiger partial charge in [0.25, 0.3) is 0 Å². The highest BCUT2D eigenvalue weighted by molar-refractivity contribution is 7.92. The molecule has 0 atom stereocenters. The molecule has 0 fully saturated rings. The standard InChI is InChI=1S/C19H19Cl2N3O6S/c1-10(2)29-19-15(21)6-11(9-22-19)17(25)12-8-16-13(7-14(12)20)18(23-30-16)24-31(26,27)5-4-28-3/h6-10H,4-5H2,1-3H3,(H,23,24). The van der Waals surface area contributed by atoms with E-state index in [2.05, 4.69) is 14.9 Å². The van der Waals surface area contributed by atoms with E-state index in [1.165, 1.54) is 31.5 Å². The van der Waals surface area contributed by atoms with Gasteiger partial charge in [-0.15, -0.1) is 0 Å². The van der Waals surface area contributed by atoms with E-state index in [9.17, 15) is 13.2 Å². The molecule has 0 bridgehead atoms. The highest BCUT2D eigenvalue weighted by atomic mass is 35.5. The van der Waals surface area contributed by atoms with Crippen LogP contribution >= 0.6 is 23.2 Å². The third-order valence-corrected chi connectivity index (χ3v) is 5.82. The Bertz CT molecular complexity index is 1230. The summed E-state index contributed by atoms with van der Waals surface area (Å²) in [5.41, 5.74) is 0.493. The van der Waals surface area contributed by atoms with Crippen LogP contribution in [0.15, 0.2) is 28.9 Å². The summed E-state index contributed by atoms with van der Waals surface area (Å²) in [5, 5.41) is 4.30. The number of ketones is 1. The van der Waals surface area contributed by atoms with Crippen LogP contribution in [0.25, 0.3) is 11.0 Å². The lowest BCUT2D eigenvalue weighted by Crippen LogP contribution is -2.19. The quantitative estimate of drug-likeness (QED) is 0.450. The molecular weight excluding hydrogens is 469 g/mol. The zero-order valence-corrected chi connectivity index (χ0v) is 19.1. The predicted octanol–water partition coefficient (Wildman–Crippen LogP) is 3.94. The van der Waals surface area contributed by atoms with Crippen LogP contribution in [0.2, 0.25) is 10.0 Å². The summed E-state index contributed by atoms with van der Waals surface area (Å²) < 4.78 is 41.9. The molecule has 0 aliphatic heterocycles. The fourth-order valence-electron chi connectivity index (χ4n) is 2.61. The molecule has 2 heterocycles. The van der Waals surface area contributed by atoms with Gasteiger partial charge >= 0.3 is 0 Å². The number of nitrogens with one attached hydrogen (secondary N) is 1. The van der Waals surface area contributed by atoms with Gasteiger partial charge in [-0.05, 0) is 32.0 Å². The number of methoxy groups -OCH3 is 1. The van der Waals surface area contributed by atoms with Crippen molar-refractivity contribution in [2.45, 2.75) is 20.0 Å². The SMILES string of the molecule is COCCS(=O)(=O)Nc1noc2cc(C(=O)c3cnc(OC(C)C)c(Cl)c3)c(Cl)cc12. The maximum absolute atomic E-state index is 12.9. The monoisotopic (exact) mass is 487 g/mol. The van der Waals surface area contributed by atoms with Crippen molar-refractivity contribution >= 4 is 55.8 Å². The van der Waals surface area contributed by atoms with E-state index in [1.807, 2.05) is 13.8 Å². The van der Waals surface area contributed by atoms with Crippen molar-refractivity contribution in [2.75, 3.05) is 24.2 Å². The molecule has 2 aromatic heterocycles. The van der Waals surface area contributed by atoms with Crippen molar-refractivity contribution < 1.29 is 27.2 Å². The summed E-state index contributed by atoms with van der Waals surface area (Å²) in [6.45, 7) is 3.67. The molecule has 0 spiro atoms. The lowest BCUT2D eigenvalue weighted by atomic mass is 10.0. The number of halogens is 2. The summed E-state index contributed by atoms with van der Waals surface area (Å²) in [5.74, 6) is -0.523. The van der Waals surface area contributed by atoms with Crippen molar-refractivity contribution in [3.05, 3.63) is 45.6 Å². The number of pyridine rings is 1. The van der Waals surface area contributed by atoms with Crippen LogP contribution in [0.5, 0.6) is 5.88 Å². The average Bonchev–Trinajstić information content (AvgIpc) is 3.07. The van der Waals surface area contributed by atoms with Gasteiger partial charge in [-0.25, -0.2) is 13.4 Å². The van der Waals surface area contributed by atoms with Crippen molar-refractivity contribution in [3.8, 4) is 5.88 Å². The zero-order chi connectivity index (χ0) is 22.8. The fraction of sp³-hybridized carbons (Fsp3) is 0.316. The Kier molecular flexibility index (Phi) is 7.05. The second kappa shape index (κ2) is 9.39. The van der Waals surface area contributed by atoms with Crippen LogP contribution in [0.4, 0.5) is 5.82 Å². The fourth-order valence-corrected chi connectivity index (χ4v) is 4.00. The zero-order valence-electron chi connectivity index (χ0n) is 16.8. The Morgan fingerprint density at radius 1 is 1.23 bits per heavy atom. The topological polar surface area (TPSA) is 121 Å². The summed E-state index contributed by atoms with van der Waals surface area (Å²) >= 11 is 12.5. The number of aromatic nitrogens is 2. The highest BCUT2D eigenvalue weighted by Gasteiger charge is 2.21. The van der Waals surface area contributed by atoms with Crippen molar-refractivity contribution in [2.24, 2.45) is 0 Å². The molecule has 3 rings (SSSR count). The Morgan fingerprint density at radius 2 is 1.97 bits per heavy atom. The minimum Gasteiger partial charge on any atom is -0.474 e. The number of hydrogen-bond donors (Lipinski definition) is 1. The predicted molar refractivity (Wildman–Crippen MR) is 117 cm³/mol. The maximum atomic E-state index is 12.9. The lowest BCUT2D eigenvalue weighted by Gasteiger charge is -2.11. The van der Waals surface area contributed by atoms with Gasteiger partial charge in [0, 0.05) is 24.4 Å². The Morgan fingerprint density at radius 3 is 2.61 bits per heavy atom. The van der Waals surface area contributed by atoms with Gasteiger partial charge < -0.3 is 14.0 Å². The molecule has 12 heteroatoms. The molecule has 0 amide bonds. The van der Waals surface area contributed by atoms with E-state index in [0.717, 1.165) is 0 Å². The van der Waals surface area contributed by atoms with Crippen molar-refractivity contribution in [1.29, 1.82) is 0 Å². The first-order valence-electron chi connectivity index (χ1n) is 9.06. The van der Waals surface area contributed by atoms with Gasteiger partial charge in [0.05, 0.1) is 28.9 Å². The third kappa shape index (κ3) is 5.45. The van der Waals surface area contributed by atoms with E-state index >= 15 is 0 Å². The summed E-state index contributed by atoms with van der Waals surface area (Å²) in [4.78, 5) is 17.0. The Labute approximate surface area is 188 Å². The second-order valence-corrected chi connectivity index (χ2v) is 9.44. The summed E-state index contributed by atoms with van der Waals surface area (Å²) in [6.07, 6.45) is 1.21. The molecule has 1 N–H and O–H groups in total. The minimum absolute atomic E-state index is 0.0160. The molecule has 31 heavy (non-hydrogen) atoms. The number of hydrogen-bond acceptors (Lipinski definition) is 8. The van der Waals surface area contributed by atoms with E-state index < -0.39 is 15.8 Å². The van der Waals surface area contributed by atoms with Gasteiger partial charge in [0.2, 0.25) is 15.9 Å².